The molecule has 0 aromatic heterocycles. The second-order valence-corrected chi connectivity index (χ2v) is 4.19. The van der Waals surface area contributed by atoms with Crippen LogP contribution in [-0.4, -0.2) is 44.5 Å². The summed E-state index contributed by atoms with van der Waals surface area (Å²) in [4.78, 5) is 11.2. The third kappa shape index (κ3) is 8.35. The van der Waals surface area contributed by atoms with Crippen LogP contribution < -0.4 is 5.73 Å². The fourth-order valence-electron chi connectivity index (χ4n) is 0.845. The van der Waals surface area contributed by atoms with Gasteiger partial charge in [0.15, 0.2) is 0 Å². The quantitative estimate of drug-likeness (QED) is 0.514. The Labute approximate surface area is 90.9 Å². The average molecular weight is 219 g/mol. The van der Waals surface area contributed by atoms with Crippen molar-refractivity contribution in [1.82, 2.24) is 0 Å². The molecule has 0 saturated carbocycles. The van der Waals surface area contributed by atoms with Crippen LogP contribution in [0.3, 0.4) is 0 Å². The van der Waals surface area contributed by atoms with Crippen LogP contribution in [-0.2, 0) is 19.0 Å². The number of nitrogens with two attached hydrogens (primary N) is 1. The molecule has 90 valence electrons. The molecule has 0 radical (unpaired) electrons. The van der Waals surface area contributed by atoms with Gasteiger partial charge in [0.1, 0.15) is 12.6 Å². The molecule has 1 unspecified atom stereocenters. The van der Waals surface area contributed by atoms with E-state index in [4.69, 9.17) is 19.9 Å². The van der Waals surface area contributed by atoms with E-state index in [9.17, 15) is 4.79 Å². The van der Waals surface area contributed by atoms with Gasteiger partial charge in [-0.15, -0.1) is 0 Å². The van der Waals surface area contributed by atoms with Gasteiger partial charge in [0, 0.05) is 7.11 Å². The fraction of sp³-hybridized carbons (Fsp3) is 0.900. The van der Waals surface area contributed by atoms with Crippen molar-refractivity contribution in [2.75, 3.05) is 26.9 Å². The first-order valence-corrected chi connectivity index (χ1v) is 4.92. The summed E-state index contributed by atoms with van der Waals surface area (Å²) in [5, 5.41) is 0. The molecule has 0 aliphatic rings. The van der Waals surface area contributed by atoms with Gasteiger partial charge in [-0.05, 0) is 20.8 Å². The molecular formula is C10H21NO4. The highest BCUT2D eigenvalue weighted by atomic mass is 16.6. The summed E-state index contributed by atoms with van der Waals surface area (Å²) in [6.45, 7) is 6.56. The van der Waals surface area contributed by atoms with Crippen LogP contribution in [0.4, 0.5) is 0 Å². The lowest BCUT2D eigenvalue weighted by Crippen LogP contribution is -2.37. The first-order valence-electron chi connectivity index (χ1n) is 4.92. The molecule has 0 heterocycles. The van der Waals surface area contributed by atoms with Crippen molar-refractivity contribution >= 4 is 5.97 Å². The molecule has 0 aromatic carbocycles. The normalized spacial score (nSPS) is 13.7. The molecule has 0 aromatic rings. The van der Waals surface area contributed by atoms with Crippen molar-refractivity contribution in [2.24, 2.45) is 5.73 Å². The second kappa shape index (κ2) is 6.76. The van der Waals surface area contributed by atoms with Crippen molar-refractivity contribution < 1.29 is 19.0 Å². The Bertz CT molecular complexity index is 188. The molecule has 0 aliphatic heterocycles. The van der Waals surface area contributed by atoms with E-state index in [1.165, 1.54) is 7.11 Å². The zero-order valence-corrected chi connectivity index (χ0v) is 9.91. The molecule has 1 atom stereocenters. The van der Waals surface area contributed by atoms with Gasteiger partial charge in [0.2, 0.25) is 0 Å². The number of carbonyl (C=O) groups excluding carboxylic acids is 1. The minimum absolute atomic E-state index is 0.166. The highest BCUT2D eigenvalue weighted by Crippen LogP contribution is 2.05. The summed E-state index contributed by atoms with van der Waals surface area (Å²) in [6.07, 6.45) is 0. The predicted octanol–water partition coefficient (Wildman–Crippen LogP) is 0.318. The van der Waals surface area contributed by atoms with Crippen LogP contribution in [0, 0.1) is 0 Å². The van der Waals surface area contributed by atoms with E-state index in [1.54, 1.807) is 0 Å². The summed E-state index contributed by atoms with van der Waals surface area (Å²) < 4.78 is 15.0. The van der Waals surface area contributed by atoms with Gasteiger partial charge in [-0.1, -0.05) is 0 Å². The Morgan fingerprint density at radius 2 is 1.93 bits per heavy atom. The van der Waals surface area contributed by atoms with Crippen molar-refractivity contribution in [3.8, 4) is 0 Å². The SMILES string of the molecule is COCC(N)C(=O)OCCOC(C)(C)C. The van der Waals surface area contributed by atoms with E-state index in [-0.39, 0.29) is 18.8 Å². The highest BCUT2D eigenvalue weighted by Gasteiger charge is 2.15. The molecule has 0 saturated heterocycles. The Kier molecular flexibility index (Phi) is 6.47. The zero-order chi connectivity index (χ0) is 11.9. The van der Waals surface area contributed by atoms with E-state index in [0.717, 1.165) is 0 Å². The number of rotatable bonds is 6. The van der Waals surface area contributed by atoms with Gasteiger partial charge in [-0.3, -0.25) is 4.79 Å². The van der Waals surface area contributed by atoms with E-state index >= 15 is 0 Å². The summed E-state index contributed by atoms with van der Waals surface area (Å²) in [7, 11) is 1.48. The zero-order valence-electron chi connectivity index (χ0n) is 9.91. The second-order valence-electron chi connectivity index (χ2n) is 4.19. The molecule has 2 N–H and O–H groups in total. The van der Waals surface area contributed by atoms with Gasteiger partial charge >= 0.3 is 5.97 Å². The number of methoxy groups -OCH3 is 1. The van der Waals surface area contributed by atoms with Crippen LogP contribution >= 0.6 is 0 Å². The standard InChI is InChI=1S/C10H21NO4/c1-10(2,3)15-6-5-14-9(12)8(11)7-13-4/h8H,5-7,11H2,1-4H3. The monoisotopic (exact) mass is 219 g/mol. The van der Waals surface area contributed by atoms with Crippen molar-refractivity contribution in [3.05, 3.63) is 0 Å². The van der Waals surface area contributed by atoms with Crippen LogP contribution in [0.25, 0.3) is 0 Å². The summed E-state index contributed by atoms with van der Waals surface area (Å²) >= 11 is 0. The average Bonchev–Trinajstić information content (AvgIpc) is 2.11. The number of hydrogen-bond donors (Lipinski definition) is 1. The van der Waals surface area contributed by atoms with Crippen LogP contribution in [0.15, 0.2) is 0 Å². The number of carbonyl (C=O) groups is 1. The summed E-state index contributed by atoms with van der Waals surface area (Å²) in [5.41, 5.74) is 5.23. The Balaban J connectivity index is 3.55. The van der Waals surface area contributed by atoms with Gasteiger partial charge < -0.3 is 19.9 Å². The first kappa shape index (κ1) is 14.3. The maximum Gasteiger partial charge on any atom is 0.325 e. The maximum atomic E-state index is 11.2. The predicted molar refractivity (Wildman–Crippen MR) is 56.5 cm³/mol. The third-order valence-electron chi connectivity index (χ3n) is 1.51. The van der Waals surface area contributed by atoms with Gasteiger partial charge in [-0.2, -0.15) is 0 Å². The Morgan fingerprint density at radius 3 is 2.40 bits per heavy atom. The molecule has 0 spiro atoms. The molecule has 0 bridgehead atoms. The third-order valence-corrected chi connectivity index (χ3v) is 1.51. The molecule has 15 heavy (non-hydrogen) atoms. The Hall–Kier alpha value is -0.650. The van der Waals surface area contributed by atoms with E-state index in [2.05, 4.69) is 0 Å². The molecule has 5 heteroatoms. The van der Waals surface area contributed by atoms with Gasteiger partial charge in [0.05, 0.1) is 18.8 Å². The lowest BCUT2D eigenvalue weighted by Gasteiger charge is -2.19. The van der Waals surface area contributed by atoms with Crippen LogP contribution in [0.2, 0.25) is 0 Å². The summed E-state index contributed by atoms with van der Waals surface area (Å²) in [5.74, 6) is -0.464. The molecule has 0 fully saturated rings. The van der Waals surface area contributed by atoms with Crippen molar-refractivity contribution in [2.45, 2.75) is 32.4 Å². The molecule has 0 amide bonds. The number of esters is 1. The van der Waals surface area contributed by atoms with Crippen molar-refractivity contribution in [1.29, 1.82) is 0 Å². The van der Waals surface area contributed by atoms with E-state index < -0.39 is 12.0 Å². The number of hydrogen-bond acceptors (Lipinski definition) is 5. The largest absolute Gasteiger partial charge is 0.462 e. The number of ether oxygens (including phenoxy) is 3. The molecular weight excluding hydrogens is 198 g/mol. The first-order chi connectivity index (χ1) is 6.87. The van der Waals surface area contributed by atoms with Crippen LogP contribution in [0.5, 0.6) is 0 Å². The minimum atomic E-state index is -0.718. The van der Waals surface area contributed by atoms with Gasteiger partial charge in [0.25, 0.3) is 0 Å². The topological polar surface area (TPSA) is 70.8 Å². The highest BCUT2D eigenvalue weighted by molar-refractivity contribution is 5.75. The smallest absolute Gasteiger partial charge is 0.325 e. The summed E-state index contributed by atoms with van der Waals surface area (Å²) in [6, 6.07) is -0.718. The lowest BCUT2D eigenvalue weighted by atomic mass is 10.2. The fourth-order valence-corrected chi connectivity index (χ4v) is 0.845. The van der Waals surface area contributed by atoms with Gasteiger partial charge in [-0.25, -0.2) is 0 Å². The maximum absolute atomic E-state index is 11.2. The van der Waals surface area contributed by atoms with E-state index in [0.29, 0.717) is 6.61 Å². The van der Waals surface area contributed by atoms with Crippen molar-refractivity contribution in [3.63, 3.8) is 0 Å². The molecule has 0 rings (SSSR count). The molecule has 5 nitrogen and oxygen atoms in total. The molecule has 0 aliphatic carbocycles. The Morgan fingerprint density at radius 1 is 1.33 bits per heavy atom. The van der Waals surface area contributed by atoms with Crippen LogP contribution in [0.1, 0.15) is 20.8 Å². The minimum Gasteiger partial charge on any atom is -0.462 e. The van der Waals surface area contributed by atoms with E-state index in [1.807, 2.05) is 20.8 Å². The lowest BCUT2D eigenvalue weighted by molar-refractivity contribution is -0.149.